The number of hydrogen-bond acceptors (Lipinski definition) is 5. The molecule has 0 saturated heterocycles. The van der Waals surface area contributed by atoms with Crippen LogP contribution in [0.1, 0.15) is 23.0 Å². The lowest BCUT2D eigenvalue weighted by molar-refractivity contribution is 0.00541. The van der Waals surface area contributed by atoms with Gasteiger partial charge in [-0.3, -0.25) is 4.90 Å². The fourth-order valence-corrected chi connectivity index (χ4v) is 4.15. The molecule has 0 bridgehead atoms. The van der Waals surface area contributed by atoms with Crippen LogP contribution in [0.4, 0.5) is 4.39 Å². The first-order valence-corrected chi connectivity index (χ1v) is 11.0. The molecule has 0 radical (unpaired) electrons. The number of ether oxygens (including phenoxy) is 1. The molecule has 1 heterocycles. The predicted octanol–water partition coefficient (Wildman–Crippen LogP) is 2.28. The molecule has 0 saturated carbocycles. The van der Waals surface area contributed by atoms with Gasteiger partial charge in [0.15, 0.2) is 5.44 Å². The zero-order valence-corrected chi connectivity index (χ0v) is 16.8. The van der Waals surface area contributed by atoms with Crippen molar-refractivity contribution in [3.05, 3.63) is 77.6 Å². The summed E-state index contributed by atoms with van der Waals surface area (Å²) in [6, 6.07) is 14.8. The summed E-state index contributed by atoms with van der Waals surface area (Å²) < 4.78 is 42.2. The topological polar surface area (TPSA) is 92.9 Å². The molecule has 0 amide bonds. The summed E-state index contributed by atoms with van der Waals surface area (Å²) in [6.45, 7) is 1.57. The van der Waals surface area contributed by atoms with Crippen molar-refractivity contribution in [1.82, 2.24) is 4.90 Å². The van der Waals surface area contributed by atoms with E-state index in [2.05, 4.69) is 11.0 Å². The van der Waals surface area contributed by atoms with Gasteiger partial charge in [0.25, 0.3) is 0 Å². The molecule has 2 atom stereocenters. The molecular formula is C21H25FN2O4S. The van der Waals surface area contributed by atoms with Gasteiger partial charge in [0, 0.05) is 19.6 Å². The van der Waals surface area contributed by atoms with Crippen molar-refractivity contribution in [2.45, 2.75) is 18.0 Å². The maximum atomic E-state index is 13.1. The van der Waals surface area contributed by atoms with E-state index >= 15 is 0 Å². The van der Waals surface area contributed by atoms with Crippen LogP contribution in [-0.4, -0.2) is 50.8 Å². The molecule has 0 aliphatic carbocycles. The second-order valence-electron chi connectivity index (χ2n) is 7.06. The van der Waals surface area contributed by atoms with Crippen LogP contribution in [0.2, 0.25) is 0 Å². The minimum absolute atomic E-state index is 0.152. The maximum absolute atomic E-state index is 13.1. The van der Waals surface area contributed by atoms with Crippen LogP contribution >= 0.6 is 0 Å². The summed E-state index contributed by atoms with van der Waals surface area (Å²) >= 11 is 0. The summed E-state index contributed by atoms with van der Waals surface area (Å²) in [4.78, 5) is 2.05. The molecule has 2 aromatic rings. The molecule has 0 aromatic heterocycles. The first-order chi connectivity index (χ1) is 13.8. The molecule has 3 N–H and O–H groups in total. The van der Waals surface area contributed by atoms with Crippen molar-refractivity contribution in [2.75, 3.05) is 26.2 Å². The van der Waals surface area contributed by atoms with Crippen LogP contribution in [0, 0.1) is 5.82 Å². The molecule has 156 valence electrons. The molecule has 8 heteroatoms. The van der Waals surface area contributed by atoms with Gasteiger partial charge in [0.2, 0.25) is 10.0 Å². The van der Waals surface area contributed by atoms with E-state index in [9.17, 15) is 17.9 Å². The van der Waals surface area contributed by atoms with Gasteiger partial charge in [0.05, 0.1) is 12.7 Å². The second kappa shape index (κ2) is 9.60. The van der Waals surface area contributed by atoms with E-state index in [4.69, 9.17) is 9.88 Å². The molecular weight excluding hydrogens is 395 g/mol. The smallest absolute Gasteiger partial charge is 0.240 e. The normalized spacial score (nSPS) is 17.6. The minimum atomic E-state index is -3.97. The number of nitrogens with two attached hydrogens (primary N) is 1. The molecule has 2 aromatic carbocycles. The summed E-state index contributed by atoms with van der Waals surface area (Å²) in [6.07, 6.45) is 1.98. The highest BCUT2D eigenvalue weighted by Crippen LogP contribution is 2.24. The van der Waals surface area contributed by atoms with Crippen molar-refractivity contribution >= 4 is 15.6 Å². The Morgan fingerprint density at radius 1 is 1.14 bits per heavy atom. The Morgan fingerprint density at radius 2 is 1.83 bits per heavy atom. The largest absolute Gasteiger partial charge is 0.389 e. The van der Waals surface area contributed by atoms with E-state index in [0.29, 0.717) is 18.7 Å². The van der Waals surface area contributed by atoms with Gasteiger partial charge >= 0.3 is 0 Å². The molecule has 3 rings (SSSR count). The van der Waals surface area contributed by atoms with Gasteiger partial charge in [-0.1, -0.05) is 48.5 Å². The lowest BCUT2D eigenvalue weighted by Crippen LogP contribution is -2.38. The van der Waals surface area contributed by atoms with Gasteiger partial charge in [-0.2, -0.15) is 0 Å². The number of halogens is 1. The lowest BCUT2D eigenvalue weighted by Gasteiger charge is -2.29. The number of nitrogens with zero attached hydrogens (tertiary/aromatic N) is 1. The molecule has 29 heavy (non-hydrogen) atoms. The molecule has 2 unspecified atom stereocenters. The van der Waals surface area contributed by atoms with E-state index in [1.165, 1.54) is 12.1 Å². The number of aliphatic hydroxyl groups excluding tert-OH is 1. The molecule has 1 aliphatic heterocycles. The van der Waals surface area contributed by atoms with Crippen molar-refractivity contribution < 1.29 is 22.7 Å². The first-order valence-electron chi connectivity index (χ1n) is 9.36. The van der Waals surface area contributed by atoms with Gasteiger partial charge in [-0.25, -0.2) is 17.9 Å². The van der Waals surface area contributed by atoms with Gasteiger partial charge < -0.3 is 9.84 Å². The monoisotopic (exact) mass is 420 g/mol. The molecule has 6 nitrogen and oxygen atoms in total. The third-order valence-electron chi connectivity index (χ3n) is 4.79. The number of aliphatic hydroxyl groups is 1. The number of hydrogen-bond donors (Lipinski definition) is 2. The highest BCUT2D eigenvalue weighted by atomic mass is 32.2. The predicted molar refractivity (Wildman–Crippen MR) is 110 cm³/mol. The number of primary sulfonamides is 1. The van der Waals surface area contributed by atoms with Gasteiger partial charge in [0.1, 0.15) is 5.82 Å². The molecule has 0 spiro atoms. The zero-order valence-electron chi connectivity index (χ0n) is 15.9. The Bertz CT molecular complexity index is 933. The van der Waals surface area contributed by atoms with Crippen molar-refractivity contribution in [3.8, 4) is 0 Å². The third-order valence-corrected chi connectivity index (χ3v) is 5.79. The summed E-state index contributed by atoms with van der Waals surface area (Å²) in [5, 5.41) is 15.6. The first kappa shape index (κ1) is 21.6. The Balaban J connectivity index is 1.53. The Labute approximate surface area is 170 Å². The maximum Gasteiger partial charge on any atom is 0.240 e. The number of benzene rings is 2. The van der Waals surface area contributed by atoms with Gasteiger partial charge in [-0.05, 0) is 35.3 Å². The van der Waals surface area contributed by atoms with Crippen molar-refractivity contribution in [1.29, 1.82) is 0 Å². The summed E-state index contributed by atoms with van der Waals surface area (Å²) in [5.41, 5.74) is 1.25. The third kappa shape index (κ3) is 6.19. The van der Waals surface area contributed by atoms with Crippen LogP contribution < -0.4 is 5.14 Å². The fraction of sp³-hybridized carbons (Fsp3) is 0.333. The lowest BCUT2D eigenvalue weighted by atomic mass is 9.99. The second-order valence-corrected chi connectivity index (χ2v) is 8.67. The Hall–Kier alpha value is -2.10. The zero-order chi connectivity index (χ0) is 20.9. The minimum Gasteiger partial charge on any atom is -0.389 e. The average molecular weight is 421 g/mol. The van der Waals surface area contributed by atoms with E-state index < -0.39 is 21.6 Å². The summed E-state index contributed by atoms with van der Waals surface area (Å²) in [5.74, 6) is -0.261. The average Bonchev–Trinajstić information content (AvgIpc) is 2.69. The van der Waals surface area contributed by atoms with Crippen LogP contribution in [0.5, 0.6) is 0 Å². The van der Waals surface area contributed by atoms with E-state index in [1.807, 2.05) is 0 Å². The van der Waals surface area contributed by atoms with Crippen LogP contribution in [0.3, 0.4) is 0 Å². The molecule has 0 fully saturated rings. The Kier molecular flexibility index (Phi) is 7.15. The van der Waals surface area contributed by atoms with E-state index in [-0.39, 0.29) is 12.4 Å². The van der Waals surface area contributed by atoms with Crippen molar-refractivity contribution in [2.24, 2.45) is 5.14 Å². The standard InChI is InChI=1S/C21H25FN2O4S/c22-19-8-6-16(7-9-19)17-10-12-24(13-11-17)14-20(25)15-28-21(29(23,26)27)18-4-2-1-3-5-18/h1-10,20-21,25H,11-15H2,(H2,23,26,27). The van der Waals surface area contributed by atoms with E-state index in [1.54, 1.807) is 42.5 Å². The highest BCUT2D eigenvalue weighted by Gasteiger charge is 2.26. The number of rotatable bonds is 8. The van der Waals surface area contributed by atoms with Crippen LogP contribution in [0.15, 0.2) is 60.7 Å². The highest BCUT2D eigenvalue weighted by molar-refractivity contribution is 7.89. The quantitative estimate of drug-likeness (QED) is 0.684. The SMILES string of the molecule is NS(=O)(=O)C(OCC(O)CN1CC=C(c2ccc(F)cc2)CC1)c1ccccc1. The van der Waals surface area contributed by atoms with Crippen LogP contribution in [-0.2, 0) is 14.8 Å². The fourth-order valence-electron chi connectivity index (χ4n) is 3.34. The Morgan fingerprint density at radius 3 is 2.41 bits per heavy atom. The van der Waals surface area contributed by atoms with Gasteiger partial charge in [-0.15, -0.1) is 0 Å². The summed E-state index contributed by atoms with van der Waals surface area (Å²) in [7, 11) is -3.97. The number of sulfonamides is 1. The van der Waals surface area contributed by atoms with E-state index in [0.717, 1.165) is 24.1 Å². The van der Waals surface area contributed by atoms with Crippen molar-refractivity contribution in [3.63, 3.8) is 0 Å². The number of β-amino-alcohol motifs (C(OH)–C–C–N with tert-alkyl or cyclic N) is 1. The van der Waals surface area contributed by atoms with Crippen LogP contribution in [0.25, 0.3) is 5.57 Å². The molecule has 1 aliphatic rings.